The largest absolute Gasteiger partial charge is 0.658 e. The molecule has 0 bridgehead atoms. The molecule has 1 saturated heterocycles. The summed E-state index contributed by atoms with van der Waals surface area (Å²) in [6, 6.07) is 11.6. The first kappa shape index (κ1) is 14.5. The first-order valence-corrected chi connectivity index (χ1v) is 7.30. The summed E-state index contributed by atoms with van der Waals surface area (Å²) in [5.41, 5.74) is 1.33. The fourth-order valence-electron chi connectivity index (χ4n) is 3.07. The number of hydrogen-bond donors (Lipinski definition) is 1. The molecule has 1 aromatic carbocycles. The van der Waals surface area contributed by atoms with E-state index in [1.165, 1.54) is 5.56 Å². The Hall–Kier alpha value is -0.900. The molecule has 0 saturated carbocycles. The highest BCUT2D eigenvalue weighted by Gasteiger charge is 2.19. The molecule has 1 aromatic rings. The molecule has 0 amide bonds. The summed E-state index contributed by atoms with van der Waals surface area (Å²) in [6.45, 7) is 9.11. The average molecular weight is 260 g/mol. The summed E-state index contributed by atoms with van der Waals surface area (Å²) >= 11 is 0. The van der Waals surface area contributed by atoms with E-state index in [0.717, 1.165) is 26.2 Å². The van der Waals surface area contributed by atoms with Crippen molar-refractivity contribution < 1.29 is 0 Å². The van der Waals surface area contributed by atoms with Crippen LogP contribution in [0.3, 0.4) is 0 Å². The van der Waals surface area contributed by atoms with E-state index in [1.807, 2.05) is 7.05 Å². The first-order chi connectivity index (χ1) is 9.20. The number of benzene rings is 1. The SMILES string of the molecule is C[N-][C@@H](c1ccccc1)[C@@H](C)CN1CCN[C@@H](C)C1. The minimum Gasteiger partial charge on any atom is -0.658 e. The summed E-state index contributed by atoms with van der Waals surface area (Å²) in [4.78, 5) is 2.56. The Balaban J connectivity index is 1.95. The lowest BCUT2D eigenvalue weighted by molar-refractivity contribution is 0.177. The van der Waals surface area contributed by atoms with Gasteiger partial charge in [0.2, 0.25) is 0 Å². The second kappa shape index (κ2) is 7.04. The van der Waals surface area contributed by atoms with Crippen molar-refractivity contribution in [3.63, 3.8) is 0 Å². The fraction of sp³-hybridized carbons (Fsp3) is 0.625. The Morgan fingerprint density at radius 1 is 1.37 bits per heavy atom. The molecular formula is C16H26N3-. The van der Waals surface area contributed by atoms with Crippen molar-refractivity contribution in [2.24, 2.45) is 5.92 Å². The molecule has 3 heteroatoms. The third kappa shape index (κ3) is 4.03. The van der Waals surface area contributed by atoms with Gasteiger partial charge in [-0.3, -0.25) is 0 Å². The molecule has 19 heavy (non-hydrogen) atoms. The van der Waals surface area contributed by atoms with E-state index >= 15 is 0 Å². The third-order valence-electron chi connectivity index (χ3n) is 3.96. The topological polar surface area (TPSA) is 29.4 Å². The van der Waals surface area contributed by atoms with Crippen molar-refractivity contribution in [2.75, 3.05) is 33.2 Å². The molecule has 0 aliphatic carbocycles. The van der Waals surface area contributed by atoms with Crippen molar-refractivity contribution in [3.8, 4) is 0 Å². The van der Waals surface area contributed by atoms with E-state index < -0.39 is 0 Å². The molecule has 1 aliphatic heterocycles. The molecule has 2 rings (SSSR count). The standard InChI is InChI=1S/C16H26N3/c1-13(11-19-10-9-18-14(2)12-19)16(17-3)15-7-5-4-6-8-15/h4-8,13-14,16,18H,9-12H2,1-3H3/q-1/t13-,14-,16+/m0/s1. The second-order valence-electron chi connectivity index (χ2n) is 5.71. The Morgan fingerprint density at radius 2 is 2.11 bits per heavy atom. The zero-order valence-electron chi connectivity index (χ0n) is 12.3. The predicted octanol–water partition coefficient (Wildman–Crippen LogP) is 2.66. The fourth-order valence-corrected chi connectivity index (χ4v) is 3.07. The van der Waals surface area contributed by atoms with Crippen LogP contribution < -0.4 is 5.32 Å². The normalized spacial score (nSPS) is 24.1. The van der Waals surface area contributed by atoms with E-state index in [-0.39, 0.29) is 0 Å². The highest BCUT2D eigenvalue weighted by molar-refractivity contribution is 5.23. The summed E-state index contributed by atoms with van der Waals surface area (Å²) in [5, 5.41) is 8.10. The maximum Gasteiger partial charge on any atom is 0.0167 e. The van der Waals surface area contributed by atoms with Crippen LogP contribution in [0.1, 0.15) is 25.5 Å². The lowest BCUT2D eigenvalue weighted by Crippen LogP contribution is -2.50. The molecule has 106 valence electrons. The molecule has 1 heterocycles. The third-order valence-corrected chi connectivity index (χ3v) is 3.96. The summed E-state index contributed by atoms with van der Waals surface area (Å²) in [6.07, 6.45) is 0. The first-order valence-electron chi connectivity index (χ1n) is 7.30. The van der Waals surface area contributed by atoms with Crippen LogP contribution >= 0.6 is 0 Å². The molecule has 3 nitrogen and oxygen atoms in total. The lowest BCUT2D eigenvalue weighted by Gasteiger charge is -2.40. The summed E-state index contributed by atoms with van der Waals surface area (Å²) in [7, 11) is 1.94. The van der Waals surface area contributed by atoms with E-state index in [9.17, 15) is 0 Å². The second-order valence-corrected chi connectivity index (χ2v) is 5.71. The average Bonchev–Trinajstić information content (AvgIpc) is 2.41. The quantitative estimate of drug-likeness (QED) is 0.882. The van der Waals surface area contributed by atoms with Crippen LogP contribution in [0.4, 0.5) is 0 Å². The highest BCUT2D eigenvalue weighted by atomic mass is 15.2. The van der Waals surface area contributed by atoms with Gasteiger partial charge in [0.15, 0.2) is 0 Å². The van der Waals surface area contributed by atoms with Crippen LogP contribution in [0.25, 0.3) is 5.32 Å². The zero-order chi connectivity index (χ0) is 13.7. The van der Waals surface area contributed by atoms with Crippen molar-refractivity contribution in [3.05, 3.63) is 41.2 Å². The molecule has 0 spiro atoms. The molecule has 1 aliphatic rings. The van der Waals surface area contributed by atoms with Crippen LogP contribution in [0.15, 0.2) is 30.3 Å². The minimum absolute atomic E-state index is 0.311. The summed E-state index contributed by atoms with van der Waals surface area (Å²) < 4.78 is 0. The van der Waals surface area contributed by atoms with Crippen molar-refractivity contribution in [1.29, 1.82) is 0 Å². The minimum atomic E-state index is 0.311. The lowest BCUT2D eigenvalue weighted by atomic mass is 9.94. The van der Waals surface area contributed by atoms with E-state index in [4.69, 9.17) is 0 Å². The maximum absolute atomic E-state index is 4.60. The van der Waals surface area contributed by atoms with E-state index in [2.05, 4.69) is 59.7 Å². The van der Waals surface area contributed by atoms with Crippen LogP contribution in [0.2, 0.25) is 0 Å². The van der Waals surface area contributed by atoms with Crippen LogP contribution in [0.5, 0.6) is 0 Å². The van der Waals surface area contributed by atoms with Crippen molar-refractivity contribution in [1.82, 2.24) is 10.2 Å². The molecule has 0 radical (unpaired) electrons. The molecule has 1 fully saturated rings. The van der Waals surface area contributed by atoms with Crippen molar-refractivity contribution in [2.45, 2.75) is 25.9 Å². The number of piperazine rings is 1. The van der Waals surface area contributed by atoms with Gasteiger partial charge in [-0.15, -0.1) is 6.04 Å². The van der Waals surface area contributed by atoms with Gasteiger partial charge in [0, 0.05) is 25.7 Å². The van der Waals surface area contributed by atoms with Gasteiger partial charge < -0.3 is 15.5 Å². The molecule has 1 N–H and O–H groups in total. The van der Waals surface area contributed by atoms with Gasteiger partial charge in [0.05, 0.1) is 0 Å². The number of hydrogen-bond acceptors (Lipinski definition) is 2. The van der Waals surface area contributed by atoms with E-state index in [1.54, 1.807) is 0 Å². The Bertz CT molecular complexity index is 366. The Labute approximate surface area is 117 Å². The van der Waals surface area contributed by atoms with Crippen LogP contribution in [0, 0.1) is 5.92 Å². The molecule has 0 unspecified atom stereocenters. The molecular weight excluding hydrogens is 234 g/mol. The number of rotatable bonds is 5. The van der Waals surface area contributed by atoms with Gasteiger partial charge in [0.1, 0.15) is 0 Å². The Kier molecular flexibility index (Phi) is 5.37. The predicted molar refractivity (Wildman–Crippen MR) is 81.5 cm³/mol. The van der Waals surface area contributed by atoms with Gasteiger partial charge in [-0.05, 0) is 19.4 Å². The Morgan fingerprint density at radius 3 is 2.74 bits per heavy atom. The van der Waals surface area contributed by atoms with Gasteiger partial charge in [-0.1, -0.05) is 42.8 Å². The smallest absolute Gasteiger partial charge is 0.0167 e. The molecule has 3 atom stereocenters. The maximum atomic E-state index is 4.60. The van der Waals surface area contributed by atoms with Crippen molar-refractivity contribution >= 4 is 0 Å². The van der Waals surface area contributed by atoms with Gasteiger partial charge in [-0.2, -0.15) is 7.05 Å². The molecule has 0 aromatic heterocycles. The van der Waals surface area contributed by atoms with Gasteiger partial charge in [-0.25, -0.2) is 0 Å². The summed E-state index contributed by atoms with van der Waals surface area (Å²) in [5.74, 6) is 0.553. The number of nitrogens with zero attached hydrogens (tertiary/aromatic N) is 2. The van der Waals surface area contributed by atoms with Gasteiger partial charge in [0.25, 0.3) is 0 Å². The van der Waals surface area contributed by atoms with E-state index in [0.29, 0.717) is 18.0 Å². The monoisotopic (exact) mass is 260 g/mol. The van der Waals surface area contributed by atoms with Gasteiger partial charge >= 0.3 is 0 Å². The zero-order valence-corrected chi connectivity index (χ0v) is 12.3. The highest BCUT2D eigenvalue weighted by Crippen LogP contribution is 2.29. The van der Waals surface area contributed by atoms with Crippen LogP contribution in [-0.2, 0) is 0 Å². The van der Waals surface area contributed by atoms with Crippen LogP contribution in [-0.4, -0.2) is 44.2 Å². The number of nitrogens with one attached hydrogen (secondary N) is 1.